The lowest BCUT2D eigenvalue weighted by molar-refractivity contribution is 0.166. The Labute approximate surface area is 184 Å². The van der Waals surface area contributed by atoms with Gasteiger partial charge in [-0.15, -0.1) is 0 Å². The van der Waals surface area contributed by atoms with Crippen LogP contribution in [0.1, 0.15) is 24.1 Å². The number of para-hydroxylation sites is 1. The number of piperidine rings is 1. The molecule has 1 fully saturated rings. The van der Waals surface area contributed by atoms with Crippen LogP contribution in [0.3, 0.4) is 0 Å². The molecule has 0 aliphatic carbocycles. The van der Waals surface area contributed by atoms with E-state index in [1.165, 1.54) is 23.6 Å². The van der Waals surface area contributed by atoms with E-state index in [1.807, 2.05) is 18.2 Å². The smallest absolute Gasteiger partial charge is 0.178 e. The lowest BCUT2D eigenvalue weighted by Gasteiger charge is -2.33. The van der Waals surface area contributed by atoms with Crippen molar-refractivity contribution >= 4 is 9.84 Å². The maximum atomic E-state index is 12.0. The summed E-state index contributed by atoms with van der Waals surface area (Å²) in [5.41, 5.74) is 4.29. The Bertz CT molecular complexity index is 1140. The first kappa shape index (κ1) is 21.6. The minimum absolute atomic E-state index is 0.325. The van der Waals surface area contributed by atoms with Crippen LogP contribution in [-0.4, -0.2) is 50.0 Å². The highest BCUT2D eigenvalue weighted by atomic mass is 32.2. The van der Waals surface area contributed by atoms with Crippen LogP contribution in [0.25, 0.3) is 11.1 Å². The van der Waals surface area contributed by atoms with Gasteiger partial charge in [-0.1, -0.05) is 42.5 Å². The standard InChI is InChI=1S/C24H29N3O3S/c1-30-23-12-6-5-11-21(23)20-10-4-3-9-19(20)17-27-13-7-8-18(16-27)14-22-24(15-25-26-22)31(2,28)29/h3-6,9-12,15,18H,7-8,13-14,16-17H2,1-2H3,(H,25,26)/t18-/m1/s1. The maximum Gasteiger partial charge on any atom is 0.178 e. The zero-order valence-electron chi connectivity index (χ0n) is 18.0. The fraction of sp³-hybridized carbons (Fsp3) is 0.375. The van der Waals surface area contributed by atoms with Gasteiger partial charge in [0.2, 0.25) is 0 Å². The molecule has 1 N–H and O–H groups in total. The van der Waals surface area contributed by atoms with Crippen LogP contribution in [-0.2, 0) is 22.8 Å². The third kappa shape index (κ3) is 4.99. The van der Waals surface area contributed by atoms with Crippen LogP contribution in [0.5, 0.6) is 5.75 Å². The minimum atomic E-state index is -3.27. The van der Waals surface area contributed by atoms with Gasteiger partial charge in [0.15, 0.2) is 9.84 Å². The molecule has 7 heteroatoms. The van der Waals surface area contributed by atoms with E-state index in [2.05, 4.69) is 45.4 Å². The second-order valence-electron chi connectivity index (χ2n) is 8.29. The van der Waals surface area contributed by atoms with E-state index in [1.54, 1.807) is 7.11 Å². The van der Waals surface area contributed by atoms with Crippen LogP contribution in [0.2, 0.25) is 0 Å². The van der Waals surface area contributed by atoms with E-state index in [-0.39, 0.29) is 0 Å². The van der Waals surface area contributed by atoms with E-state index in [4.69, 9.17) is 4.74 Å². The molecule has 0 radical (unpaired) electrons. The third-order valence-electron chi connectivity index (χ3n) is 5.98. The van der Waals surface area contributed by atoms with Gasteiger partial charge in [-0.2, -0.15) is 5.10 Å². The summed E-state index contributed by atoms with van der Waals surface area (Å²) in [6, 6.07) is 16.6. The molecule has 1 aliphatic heterocycles. The van der Waals surface area contributed by atoms with Crippen LogP contribution in [0.15, 0.2) is 59.6 Å². The van der Waals surface area contributed by atoms with Crippen molar-refractivity contribution in [3.05, 3.63) is 66.0 Å². The summed E-state index contributed by atoms with van der Waals surface area (Å²) in [5, 5.41) is 6.88. The number of rotatable bonds is 7. The van der Waals surface area contributed by atoms with Crippen molar-refractivity contribution < 1.29 is 13.2 Å². The summed E-state index contributed by atoms with van der Waals surface area (Å²) >= 11 is 0. The van der Waals surface area contributed by atoms with Crippen LogP contribution in [0, 0.1) is 5.92 Å². The van der Waals surface area contributed by atoms with Crippen molar-refractivity contribution in [1.82, 2.24) is 15.1 Å². The largest absolute Gasteiger partial charge is 0.496 e. The van der Waals surface area contributed by atoms with E-state index < -0.39 is 9.84 Å². The Morgan fingerprint density at radius 2 is 1.87 bits per heavy atom. The number of ether oxygens (including phenoxy) is 1. The quantitative estimate of drug-likeness (QED) is 0.603. The molecule has 4 rings (SSSR count). The van der Waals surface area contributed by atoms with Gasteiger partial charge in [-0.25, -0.2) is 8.42 Å². The van der Waals surface area contributed by atoms with Gasteiger partial charge in [0, 0.05) is 24.9 Å². The lowest BCUT2D eigenvalue weighted by atomic mass is 9.92. The van der Waals surface area contributed by atoms with Gasteiger partial charge in [-0.05, 0) is 48.9 Å². The zero-order chi connectivity index (χ0) is 21.8. The second kappa shape index (κ2) is 9.24. The number of benzene rings is 2. The molecule has 2 aromatic carbocycles. The molecule has 2 heterocycles. The number of likely N-dealkylation sites (tertiary alicyclic amines) is 1. The number of hydrogen-bond acceptors (Lipinski definition) is 5. The van der Waals surface area contributed by atoms with Crippen LogP contribution < -0.4 is 4.74 Å². The first-order valence-electron chi connectivity index (χ1n) is 10.6. The van der Waals surface area contributed by atoms with Gasteiger partial charge < -0.3 is 4.74 Å². The van der Waals surface area contributed by atoms with Crippen molar-refractivity contribution in [1.29, 1.82) is 0 Å². The first-order chi connectivity index (χ1) is 15.0. The summed E-state index contributed by atoms with van der Waals surface area (Å²) in [6.07, 6.45) is 5.56. The van der Waals surface area contributed by atoms with Crippen LogP contribution >= 0.6 is 0 Å². The van der Waals surface area contributed by atoms with E-state index >= 15 is 0 Å². The molecule has 0 unspecified atom stereocenters. The average Bonchev–Trinajstić information content (AvgIpc) is 3.23. The monoisotopic (exact) mass is 439 g/mol. The predicted octanol–water partition coefficient (Wildman–Crippen LogP) is 3.94. The Hall–Kier alpha value is -2.64. The molecule has 0 spiro atoms. The first-order valence-corrected chi connectivity index (χ1v) is 12.5. The molecule has 0 saturated carbocycles. The van der Waals surface area contributed by atoms with Crippen LogP contribution in [0.4, 0.5) is 0 Å². The fourth-order valence-corrected chi connectivity index (χ4v) is 5.37. The molecule has 0 amide bonds. The Balaban J connectivity index is 1.51. The molecule has 31 heavy (non-hydrogen) atoms. The number of H-pyrrole nitrogens is 1. The van der Waals surface area contributed by atoms with E-state index in [9.17, 15) is 8.42 Å². The van der Waals surface area contributed by atoms with Crippen molar-refractivity contribution in [3.8, 4) is 16.9 Å². The summed E-state index contributed by atoms with van der Waals surface area (Å²) in [5.74, 6) is 1.27. The van der Waals surface area contributed by atoms with Crippen molar-refractivity contribution in [3.63, 3.8) is 0 Å². The van der Waals surface area contributed by atoms with Crippen molar-refractivity contribution in [2.24, 2.45) is 5.92 Å². The Morgan fingerprint density at radius 1 is 1.13 bits per heavy atom. The summed E-state index contributed by atoms with van der Waals surface area (Å²) in [7, 11) is -1.56. The molecule has 164 valence electrons. The van der Waals surface area contributed by atoms with Gasteiger partial charge in [-0.3, -0.25) is 10.00 Å². The topological polar surface area (TPSA) is 75.3 Å². The Kier molecular flexibility index (Phi) is 6.43. The number of aromatic nitrogens is 2. The third-order valence-corrected chi connectivity index (χ3v) is 7.13. The predicted molar refractivity (Wildman–Crippen MR) is 122 cm³/mol. The molecule has 0 bridgehead atoms. The SMILES string of the molecule is COc1ccccc1-c1ccccc1CN1CCC[C@H](Cc2[nH]ncc2S(C)(=O)=O)C1. The number of hydrogen-bond donors (Lipinski definition) is 1. The minimum Gasteiger partial charge on any atom is -0.496 e. The highest BCUT2D eigenvalue weighted by molar-refractivity contribution is 7.90. The van der Waals surface area contributed by atoms with Crippen molar-refractivity contribution in [2.75, 3.05) is 26.5 Å². The molecular weight excluding hydrogens is 410 g/mol. The zero-order valence-corrected chi connectivity index (χ0v) is 18.9. The molecule has 6 nitrogen and oxygen atoms in total. The average molecular weight is 440 g/mol. The normalized spacial score (nSPS) is 17.5. The molecule has 1 aromatic heterocycles. The van der Waals surface area contributed by atoms with Gasteiger partial charge in [0.05, 0.1) is 19.0 Å². The van der Waals surface area contributed by atoms with Gasteiger partial charge in [0.25, 0.3) is 0 Å². The van der Waals surface area contributed by atoms with E-state index in [0.29, 0.717) is 17.2 Å². The second-order valence-corrected chi connectivity index (χ2v) is 10.3. The van der Waals surface area contributed by atoms with Gasteiger partial charge in [0.1, 0.15) is 10.6 Å². The highest BCUT2D eigenvalue weighted by Crippen LogP contribution is 2.33. The number of nitrogens with one attached hydrogen (secondary N) is 1. The lowest BCUT2D eigenvalue weighted by Crippen LogP contribution is -2.36. The highest BCUT2D eigenvalue weighted by Gasteiger charge is 2.24. The molecular formula is C24H29N3O3S. The number of sulfone groups is 1. The summed E-state index contributed by atoms with van der Waals surface area (Å²) < 4.78 is 29.6. The summed E-state index contributed by atoms with van der Waals surface area (Å²) in [4.78, 5) is 2.80. The molecule has 3 aromatic rings. The molecule has 1 saturated heterocycles. The Morgan fingerprint density at radius 3 is 2.65 bits per heavy atom. The molecule has 1 aliphatic rings. The molecule has 1 atom stereocenters. The maximum absolute atomic E-state index is 12.0. The number of methoxy groups -OCH3 is 1. The summed E-state index contributed by atoms with van der Waals surface area (Å²) in [6.45, 7) is 2.83. The fourth-order valence-electron chi connectivity index (χ4n) is 4.55. The van der Waals surface area contributed by atoms with Gasteiger partial charge >= 0.3 is 0 Å². The van der Waals surface area contributed by atoms with E-state index in [0.717, 1.165) is 49.5 Å². The number of nitrogens with zero attached hydrogens (tertiary/aromatic N) is 2. The van der Waals surface area contributed by atoms with Crippen molar-refractivity contribution in [2.45, 2.75) is 30.7 Å². The number of aromatic amines is 1.